The number of amides is 1. The number of benzene rings is 2. The number of nitrogens with zero attached hydrogens (tertiary/aromatic N) is 1. The van der Waals surface area contributed by atoms with E-state index in [1.807, 2.05) is 41.3 Å². The van der Waals surface area contributed by atoms with E-state index in [1.54, 1.807) is 0 Å². The molecule has 1 aliphatic rings. The molecule has 1 aliphatic heterocycles. The molecule has 0 fully saturated rings. The lowest BCUT2D eigenvalue weighted by atomic mass is 10.1. The van der Waals surface area contributed by atoms with Crippen molar-refractivity contribution in [3.8, 4) is 0 Å². The third-order valence-corrected chi connectivity index (χ3v) is 3.50. The predicted molar refractivity (Wildman–Crippen MR) is 73.7 cm³/mol. The Balaban J connectivity index is 1.84. The third-order valence-electron chi connectivity index (χ3n) is 3.22. The van der Waals surface area contributed by atoms with Crippen LogP contribution in [0.5, 0.6) is 0 Å². The number of rotatable bonds is 1. The minimum absolute atomic E-state index is 0.0714. The van der Waals surface area contributed by atoms with Gasteiger partial charge in [0.1, 0.15) is 0 Å². The fourth-order valence-corrected chi connectivity index (χ4v) is 2.52. The van der Waals surface area contributed by atoms with Crippen LogP contribution in [0, 0.1) is 0 Å². The van der Waals surface area contributed by atoms with Gasteiger partial charge in [-0.3, -0.25) is 4.79 Å². The molecule has 2 aromatic carbocycles. The highest BCUT2D eigenvalue weighted by Crippen LogP contribution is 2.24. The predicted octanol–water partition coefficient (Wildman–Crippen LogP) is 3.13. The average molecular weight is 255 g/mol. The monoisotopic (exact) mass is 255 g/mol. The summed E-state index contributed by atoms with van der Waals surface area (Å²) in [5.74, 6) is 0.0714. The summed E-state index contributed by atoms with van der Waals surface area (Å²) in [7, 11) is 0. The highest BCUT2D eigenvalue weighted by atomic mass is 32.1. The molecular formula is C15H13NOS. The Labute approximate surface area is 112 Å². The molecule has 0 radical (unpaired) electrons. The summed E-state index contributed by atoms with van der Waals surface area (Å²) < 4.78 is 0. The summed E-state index contributed by atoms with van der Waals surface area (Å²) in [5.41, 5.74) is 3.19. The largest absolute Gasteiger partial charge is 0.330 e. The molecular weight excluding hydrogens is 242 g/mol. The molecule has 0 saturated heterocycles. The summed E-state index contributed by atoms with van der Waals surface area (Å²) >= 11 is 4.27. The Morgan fingerprint density at radius 3 is 2.28 bits per heavy atom. The third kappa shape index (κ3) is 2.02. The van der Waals surface area contributed by atoms with Gasteiger partial charge in [0.15, 0.2) is 0 Å². The molecule has 18 heavy (non-hydrogen) atoms. The zero-order chi connectivity index (χ0) is 12.5. The van der Waals surface area contributed by atoms with E-state index in [1.165, 1.54) is 11.1 Å². The van der Waals surface area contributed by atoms with Crippen molar-refractivity contribution in [2.75, 3.05) is 0 Å². The van der Waals surface area contributed by atoms with Gasteiger partial charge in [0.25, 0.3) is 5.91 Å². The summed E-state index contributed by atoms with van der Waals surface area (Å²) in [4.78, 5) is 15.0. The summed E-state index contributed by atoms with van der Waals surface area (Å²) in [6.45, 7) is 1.40. The summed E-state index contributed by atoms with van der Waals surface area (Å²) in [6, 6.07) is 15.6. The van der Waals surface area contributed by atoms with Crippen LogP contribution in [0.1, 0.15) is 21.5 Å². The zero-order valence-electron chi connectivity index (χ0n) is 9.84. The smallest absolute Gasteiger partial charge is 0.254 e. The van der Waals surface area contributed by atoms with Crippen molar-refractivity contribution < 1.29 is 4.79 Å². The molecule has 90 valence electrons. The first kappa shape index (κ1) is 11.4. The fraction of sp³-hybridized carbons (Fsp3) is 0.133. The van der Waals surface area contributed by atoms with Crippen LogP contribution in [0.4, 0.5) is 0 Å². The van der Waals surface area contributed by atoms with Crippen molar-refractivity contribution >= 4 is 18.5 Å². The van der Waals surface area contributed by atoms with Gasteiger partial charge in [-0.1, -0.05) is 30.3 Å². The van der Waals surface area contributed by atoms with Crippen molar-refractivity contribution in [2.45, 2.75) is 18.0 Å². The molecule has 3 heteroatoms. The van der Waals surface area contributed by atoms with E-state index < -0.39 is 0 Å². The van der Waals surface area contributed by atoms with Crippen molar-refractivity contribution in [1.82, 2.24) is 4.90 Å². The van der Waals surface area contributed by atoms with Crippen LogP contribution >= 0.6 is 12.6 Å². The maximum Gasteiger partial charge on any atom is 0.254 e. The number of carbonyl (C=O) groups excluding carboxylic acids is 1. The SMILES string of the molecule is O=C(c1cccc(S)c1)N1Cc2ccccc2C1. The van der Waals surface area contributed by atoms with Crippen LogP contribution in [-0.2, 0) is 13.1 Å². The molecule has 0 aromatic heterocycles. The van der Waals surface area contributed by atoms with Crippen LogP contribution in [0.3, 0.4) is 0 Å². The maximum atomic E-state index is 12.4. The van der Waals surface area contributed by atoms with E-state index >= 15 is 0 Å². The Morgan fingerprint density at radius 1 is 1.00 bits per heavy atom. The molecule has 1 heterocycles. The lowest BCUT2D eigenvalue weighted by molar-refractivity contribution is 0.0751. The first-order chi connectivity index (χ1) is 8.74. The second-order valence-electron chi connectivity index (χ2n) is 4.48. The van der Waals surface area contributed by atoms with Crippen molar-refractivity contribution in [2.24, 2.45) is 0 Å². The van der Waals surface area contributed by atoms with Gasteiger partial charge in [0, 0.05) is 23.5 Å². The van der Waals surface area contributed by atoms with Gasteiger partial charge in [-0.2, -0.15) is 0 Å². The Bertz CT molecular complexity index is 584. The van der Waals surface area contributed by atoms with E-state index in [0.29, 0.717) is 18.7 Å². The van der Waals surface area contributed by atoms with Gasteiger partial charge in [0.2, 0.25) is 0 Å². The van der Waals surface area contributed by atoms with Crippen LogP contribution in [-0.4, -0.2) is 10.8 Å². The number of fused-ring (bicyclic) bond motifs is 1. The first-order valence-corrected chi connectivity index (χ1v) is 6.34. The summed E-state index contributed by atoms with van der Waals surface area (Å²) in [6.07, 6.45) is 0. The van der Waals surface area contributed by atoms with E-state index in [0.717, 1.165) is 4.90 Å². The van der Waals surface area contributed by atoms with Gasteiger partial charge in [-0.25, -0.2) is 0 Å². The molecule has 0 spiro atoms. The van der Waals surface area contributed by atoms with Gasteiger partial charge in [-0.05, 0) is 29.3 Å². The molecule has 0 bridgehead atoms. The Hall–Kier alpha value is -1.74. The van der Waals surface area contributed by atoms with Gasteiger partial charge < -0.3 is 4.90 Å². The molecule has 2 aromatic rings. The van der Waals surface area contributed by atoms with Crippen LogP contribution in [0.2, 0.25) is 0 Å². The van der Waals surface area contributed by atoms with Crippen LogP contribution < -0.4 is 0 Å². The molecule has 0 saturated carbocycles. The molecule has 0 unspecified atom stereocenters. The van der Waals surface area contributed by atoms with Gasteiger partial charge in [0.05, 0.1) is 0 Å². The fourth-order valence-electron chi connectivity index (χ4n) is 2.30. The van der Waals surface area contributed by atoms with Crippen molar-refractivity contribution in [3.63, 3.8) is 0 Å². The second kappa shape index (κ2) is 4.50. The molecule has 2 nitrogen and oxygen atoms in total. The van der Waals surface area contributed by atoms with Gasteiger partial charge >= 0.3 is 0 Å². The topological polar surface area (TPSA) is 20.3 Å². The Morgan fingerprint density at radius 2 is 1.67 bits per heavy atom. The number of thiol groups is 1. The summed E-state index contributed by atoms with van der Waals surface area (Å²) in [5, 5.41) is 0. The standard InChI is InChI=1S/C15H13NOS/c17-15(11-6-3-7-14(18)8-11)16-9-12-4-1-2-5-13(12)10-16/h1-8,18H,9-10H2. The highest BCUT2D eigenvalue weighted by molar-refractivity contribution is 7.80. The number of carbonyl (C=O) groups is 1. The van der Waals surface area contributed by atoms with E-state index in [2.05, 4.69) is 24.8 Å². The first-order valence-electron chi connectivity index (χ1n) is 5.89. The molecule has 1 amide bonds. The second-order valence-corrected chi connectivity index (χ2v) is 5.00. The highest BCUT2D eigenvalue weighted by Gasteiger charge is 2.23. The lowest BCUT2D eigenvalue weighted by Crippen LogP contribution is -2.25. The maximum absolute atomic E-state index is 12.4. The van der Waals surface area contributed by atoms with E-state index in [9.17, 15) is 4.79 Å². The van der Waals surface area contributed by atoms with E-state index in [-0.39, 0.29) is 5.91 Å². The van der Waals surface area contributed by atoms with Crippen LogP contribution in [0.15, 0.2) is 53.4 Å². The minimum atomic E-state index is 0.0714. The molecule has 3 rings (SSSR count). The van der Waals surface area contributed by atoms with Crippen molar-refractivity contribution in [3.05, 3.63) is 65.2 Å². The van der Waals surface area contributed by atoms with E-state index in [4.69, 9.17) is 0 Å². The quantitative estimate of drug-likeness (QED) is 0.776. The molecule has 0 atom stereocenters. The van der Waals surface area contributed by atoms with Crippen molar-refractivity contribution in [1.29, 1.82) is 0 Å². The normalized spacial score (nSPS) is 13.5. The number of hydrogen-bond donors (Lipinski definition) is 1. The minimum Gasteiger partial charge on any atom is -0.330 e. The van der Waals surface area contributed by atoms with Gasteiger partial charge in [-0.15, -0.1) is 12.6 Å². The van der Waals surface area contributed by atoms with Crippen LogP contribution in [0.25, 0.3) is 0 Å². The lowest BCUT2D eigenvalue weighted by Gasteiger charge is -2.15. The molecule has 0 aliphatic carbocycles. The molecule has 0 N–H and O–H groups in total. The Kier molecular flexibility index (Phi) is 2.84. The zero-order valence-corrected chi connectivity index (χ0v) is 10.7. The average Bonchev–Trinajstić information content (AvgIpc) is 2.81. The number of hydrogen-bond acceptors (Lipinski definition) is 2.